The van der Waals surface area contributed by atoms with Gasteiger partial charge in [0.25, 0.3) is 0 Å². The molecule has 3 nitrogen and oxygen atoms in total. The summed E-state index contributed by atoms with van der Waals surface area (Å²) in [6.45, 7) is 3.85. The highest BCUT2D eigenvalue weighted by Gasteiger charge is 2.22. The maximum absolute atomic E-state index is 13.7. The standard InChI is InChI=1S/C19H17FO3/c1-11-4-6-14(20)10-15(11)16-8-12(2)23-18-7-5-13(9-17(16)18)19(21)22-3/h4-10,12H,1-3H3. The maximum atomic E-state index is 13.7. The normalized spacial score (nSPS) is 16.2. The van der Waals surface area contributed by atoms with Gasteiger partial charge >= 0.3 is 5.97 Å². The van der Waals surface area contributed by atoms with E-state index in [1.807, 2.05) is 19.9 Å². The number of aryl methyl sites for hydroxylation is 1. The summed E-state index contributed by atoms with van der Waals surface area (Å²) in [7, 11) is 1.34. The van der Waals surface area contributed by atoms with Crippen molar-refractivity contribution in [1.29, 1.82) is 0 Å². The number of rotatable bonds is 2. The average Bonchev–Trinajstić information content (AvgIpc) is 2.55. The molecule has 0 N–H and O–H groups in total. The Hall–Kier alpha value is -2.62. The third-order valence-electron chi connectivity index (χ3n) is 3.89. The van der Waals surface area contributed by atoms with E-state index in [4.69, 9.17) is 9.47 Å². The van der Waals surface area contributed by atoms with Gasteiger partial charge < -0.3 is 9.47 Å². The molecule has 0 bridgehead atoms. The molecule has 1 heterocycles. The highest BCUT2D eigenvalue weighted by atomic mass is 19.1. The van der Waals surface area contributed by atoms with Crippen LogP contribution in [0.3, 0.4) is 0 Å². The summed E-state index contributed by atoms with van der Waals surface area (Å²) in [5.74, 6) is -0.0376. The topological polar surface area (TPSA) is 35.5 Å². The summed E-state index contributed by atoms with van der Waals surface area (Å²) in [4.78, 5) is 11.8. The Labute approximate surface area is 134 Å². The van der Waals surface area contributed by atoms with Gasteiger partial charge in [0.15, 0.2) is 0 Å². The zero-order chi connectivity index (χ0) is 16.6. The lowest BCUT2D eigenvalue weighted by molar-refractivity contribution is 0.0600. The monoisotopic (exact) mass is 312 g/mol. The molecule has 1 unspecified atom stereocenters. The van der Waals surface area contributed by atoms with Crippen LogP contribution >= 0.6 is 0 Å². The van der Waals surface area contributed by atoms with E-state index in [9.17, 15) is 9.18 Å². The molecule has 1 atom stereocenters. The molecule has 23 heavy (non-hydrogen) atoms. The predicted octanol–water partition coefficient (Wildman–Crippen LogP) is 4.13. The van der Waals surface area contributed by atoms with E-state index < -0.39 is 5.97 Å². The van der Waals surface area contributed by atoms with Crippen molar-refractivity contribution in [1.82, 2.24) is 0 Å². The van der Waals surface area contributed by atoms with Gasteiger partial charge in [-0.15, -0.1) is 0 Å². The van der Waals surface area contributed by atoms with E-state index in [-0.39, 0.29) is 11.9 Å². The molecule has 118 valence electrons. The Morgan fingerprint density at radius 1 is 1.17 bits per heavy atom. The smallest absolute Gasteiger partial charge is 0.337 e. The van der Waals surface area contributed by atoms with Gasteiger partial charge in [-0.3, -0.25) is 0 Å². The lowest BCUT2D eigenvalue weighted by Gasteiger charge is -2.25. The van der Waals surface area contributed by atoms with Gasteiger partial charge in [-0.2, -0.15) is 0 Å². The van der Waals surface area contributed by atoms with Gasteiger partial charge in [0.05, 0.1) is 12.7 Å². The second kappa shape index (κ2) is 5.88. The van der Waals surface area contributed by atoms with Crippen molar-refractivity contribution in [3.63, 3.8) is 0 Å². The van der Waals surface area contributed by atoms with Crippen molar-refractivity contribution in [2.24, 2.45) is 0 Å². The minimum Gasteiger partial charge on any atom is -0.486 e. The van der Waals surface area contributed by atoms with Crippen LogP contribution in [0.5, 0.6) is 5.75 Å². The molecule has 3 rings (SSSR count). The van der Waals surface area contributed by atoms with Crippen molar-refractivity contribution >= 4 is 11.5 Å². The summed E-state index contributed by atoms with van der Waals surface area (Å²) < 4.78 is 24.3. The number of halogens is 1. The number of carbonyl (C=O) groups is 1. The predicted molar refractivity (Wildman–Crippen MR) is 86.1 cm³/mol. The van der Waals surface area contributed by atoms with Crippen LogP contribution in [-0.4, -0.2) is 19.2 Å². The number of benzene rings is 2. The number of esters is 1. The quantitative estimate of drug-likeness (QED) is 0.782. The Morgan fingerprint density at radius 2 is 1.96 bits per heavy atom. The first-order valence-electron chi connectivity index (χ1n) is 7.37. The number of methoxy groups -OCH3 is 1. The number of hydrogen-bond acceptors (Lipinski definition) is 3. The van der Waals surface area contributed by atoms with Gasteiger partial charge in [0.1, 0.15) is 17.7 Å². The first-order valence-corrected chi connectivity index (χ1v) is 7.37. The van der Waals surface area contributed by atoms with E-state index in [1.165, 1.54) is 19.2 Å². The molecular weight excluding hydrogens is 295 g/mol. The van der Waals surface area contributed by atoms with Gasteiger partial charge in [-0.1, -0.05) is 6.07 Å². The number of carbonyl (C=O) groups excluding carboxylic acids is 1. The van der Waals surface area contributed by atoms with Gasteiger partial charge in [-0.25, -0.2) is 9.18 Å². The number of hydrogen-bond donors (Lipinski definition) is 0. The summed E-state index contributed by atoms with van der Waals surface area (Å²) in [5.41, 5.74) is 3.81. The van der Waals surface area contributed by atoms with Crippen molar-refractivity contribution in [3.8, 4) is 5.75 Å². The first kappa shape index (κ1) is 15.3. The molecule has 0 saturated carbocycles. The molecule has 1 aliphatic heterocycles. The summed E-state index contributed by atoms with van der Waals surface area (Å²) in [6, 6.07) is 9.83. The summed E-state index contributed by atoms with van der Waals surface area (Å²) in [6.07, 6.45) is 1.80. The van der Waals surface area contributed by atoms with Crippen LogP contribution in [0.15, 0.2) is 42.5 Å². The van der Waals surface area contributed by atoms with E-state index in [0.29, 0.717) is 11.3 Å². The molecule has 0 radical (unpaired) electrons. The second-order valence-corrected chi connectivity index (χ2v) is 5.57. The molecule has 4 heteroatoms. The fourth-order valence-electron chi connectivity index (χ4n) is 2.77. The molecular formula is C19H17FO3. The SMILES string of the molecule is COC(=O)c1ccc2c(c1)C(c1cc(F)ccc1C)=CC(C)O2. The number of fused-ring (bicyclic) bond motifs is 1. The van der Waals surface area contributed by atoms with Crippen LogP contribution in [0.4, 0.5) is 4.39 Å². The fourth-order valence-corrected chi connectivity index (χ4v) is 2.77. The Morgan fingerprint density at radius 3 is 2.70 bits per heavy atom. The van der Waals surface area contributed by atoms with Gasteiger partial charge in [-0.05, 0) is 67.0 Å². The molecule has 0 spiro atoms. The van der Waals surface area contributed by atoms with Crippen LogP contribution in [-0.2, 0) is 4.74 Å². The van der Waals surface area contributed by atoms with Crippen LogP contribution in [0.2, 0.25) is 0 Å². The molecule has 0 amide bonds. The molecule has 0 fully saturated rings. The van der Waals surface area contributed by atoms with Crippen molar-refractivity contribution < 1.29 is 18.7 Å². The maximum Gasteiger partial charge on any atom is 0.337 e. The van der Waals surface area contributed by atoms with Crippen molar-refractivity contribution in [3.05, 3.63) is 70.5 Å². The molecule has 1 aliphatic rings. The van der Waals surface area contributed by atoms with E-state index in [2.05, 4.69) is 0 Å². The van der Waals surface area contributed by atoms with Crippen LogP contribution in [0.25, 0.3) is 5.57 Å². The average molecular weight is 312 g/mol. The van der Waals surface area contributed by atoms with Crippen molar-refractivity contribution in [2.45, 2.75) is 20.0 Å². The highest BCUT2D eigenvalue weighted by molar-refractivity contribution is 5.93. The lowest BCUT2D eigenvalue weighted by Crippen LogP contribution is -2.16. The lowest BCUT2D eigenvalue weighted by atomic mass is 9.90. The molecule has 0 aromatic heterocycles. The van der Waals surface area contributed by atoms with Crippen molar-refractivity contribution in [2.75, 3.05) is 7.11 Å². The zero-order valence-corrected chi connectivity index (χ0v) is 13.2. The highest BCUT2D eigenvalue weighted by Crippen LogP contribution is 2.38. The molecule has 0 saturated heterocycles. The fraction of sp³-hybridized carbons (Fsp3) is 0.211. The first-order chi connectivity index (χ1) is 11.0. The van der Waals surface area contributed by atoms with E-state index >= 15 is 0 Å². The summed E-state index contributed by atoms with van der Waals surface area (Å²) >= 11 is 0. The van der Waals surface area contributed by atoms with Gasteiger partial charge in [0.2, 0.25) is 0 Å². The Kier molecular flexibility index (Phi) is 3.90. The minimum absolute atomic E-state index is 0.135. The molecule has 0 aliphatic carbocycles. The zero-order valence-electron chi connectivity index (χ0n) is 13.2. The van der Waals surface area contributed by atoms with E-state index in [0.717, 1.165) is 22.3 Å². The van der Waals surface area contributed by atoms with Crippen LogP contribution in [0, 0.1) is 12.7 Å². The Bertz CT molecular complexity index is 808. The largest absolute Gasteiger partial charge is 0.486 e. The number of ether oxygens (including phenoxy) is 2. The van der Waals surface area contributed by atoms with Crippen LogP contribution < -0.4 is 4.74 Å². The summed E-state index contributed by atoms with van der Waals surface area (Å²) in [5, 5.41) is 0. The van der Waals surface area contributed by atoms with Crippen LogP contribution in [0.1, 0.15) is 34.0 Å². The Balaban J connectivity index is 2.18. The minimum atomic E-state index is -0.415. The molecule has 2 aromatic rings. The third-order valence-corrected chi connectivity index (χ3v) is 3.89. The van der Waals surface area contributed by atoms with Gasteiger partial charge in [0, 0.05) is 5.56 Å². The van der Waals surface area contributed by atoms with E-state index in [1.54, 1.807) is 24.3 Å². The molecule has 2 aromatic carbocycles. The third kappa shape index (κ3) is 2.84. The second-order valence-electron chi connectivity index (χ2n) is 5.57.